The number of amides is 3. The molecule has 0 bridgehead atoms. The summed E-state index contributed by atoms with van der Waals surface area (Å²) < 4.78 is 5.01. The van der Waals surface area contributed by atoms with Gasteiger partial charge in [-0.3, -0.25) is 19.7 Å². The number of nitrogens with one attached hydrogen (secondary N) is 2. The number of ether oxygens (including phenoxy) is 1. The van der Waals surface area contributed by atoms with Crippen LogP contribution in [0.1, 0.15) is 60.5 Å². The van der Waals surface area contributed by atoms with Gasteiger partial charge in [-0.1, -0.05) is 12.1 Å². The van der Waals surface area contributed by atoms with E-state index in [0.29, 0.717) is 5.56 Å². The Kier molecular flexibility index (Phi) is 5.88. The van der Waals surface area contributed by atoms with Gasteiger partial charge in [-0.15, -0.1) is 0 Å². The number of hydrogen-bond donors (Lipinski definition) is 2. The number of hydrogen-bond acceptors (Lipinski definition) is 5. The normalized spacial score (nSPS) is 16.2. The Hall–Kier alpha value is -2.70. The maximum absolute atomic E-state index is 12.3. The maximum Gasteiger partial charge on any atom is 0.321 e. The van der Waals surface area contributed by atoms with Gasteiger partial charge >= 0.3 is 12.0 Å². The number of esters is 1. The second-order valence-corrected chi connectivity index (χ2v) is 7.13. The molecule has 7 nitrogen and oxygen atoms in total. The first-order valence-corrected chi connectivity index (χ1v) is 9.38. The molecule has 0 aliphatic heterocycles. The molecule has 1 unspecified atom stereocenters. The van der Waals surface area contributed by atoms with Gasteiger partial charge in [0.15, 0.2) is 11.9 Å². The minimum atomic E-state index is -1.10. The SMILES string of the molecule is CC(OC(=O)CCC(=O)c1ccc2c(c1)CCC2)C(=O)NC(=O)NC1CC1. The van der Waals surface area contributed by atoms with Gasteiger partial charge in [0, 0.05) is 18.0 Å². The van der Waals surface area contributed by atoms with E-state index in [1.54, 1.807) is 6.07 Å². The molecule has 0 saturated heterocycles. The Balaban J connectivity index is 1.41. The van der Waals surface area contributed by atoms with Crippen LogP contribution in [0.5, 0.6) is 0 Å². The van der Waals surface area contributed by atoms with Crippen molar-refractivity contribution in [3.05, 3.63) is 34.9 Å². The fourth-order valence-corrected chi connectivity index (χ4v) is 3.08. The first-order valence-electron chi connectivity index (χ1n) is 9.38. The van der Waals surface area contributed by atoms with Crippen LogP contribution in [0.3, 0.4) is 0 Å². The monoisotopic (exact) mass is 372 g/mol. The third-order valence-corrected chi connectivity index (χ3v) is 4.80. The fourth-order valence-electron chi connectivity index (χ4n) is 3.08. The summed E-state index contributed by atoms with van der Waals surface area (Å²) in [7, 11) is 0. The zero-order valence-corrected chi connectivity index (χ0v) is 15.4. The fraction of sp³-hybridized carbons (Fsp3) is 0.500. The third-order valence-electron chi connectivity index (χ3n) is 4.80. The van der Waals surface area contributed by atoms with Gasteiger partial charge in [0.2, 0.25) is 0 Å². The van der Waals surface area contributed by atoms with Crippen LogP contribution in [-0.4, -0.2) is 35.8 Å². The molecule has 1 saturated carbocycles. The van der Waals surface area contributed by atoms with E-state index in [4.69, 9.17) is 4.74 Å². The van der Waals surface area contributed by atoms with Crippen LogP contribution in [-0.2, 0) is 27.2 Å². The highest BCUT2D eigenvalue weighted by molar-refractivity contribution is 5.99. The Morgan fingerprint density at radius 1 is 1.11 bits per heavy atom. The average Bonchev–Trinajstić information content (AvgIpc) is 3.31. The van der Waals surface area contributed by atoms with Crippen LogP contribution >= 0.6 is 0 Å². The highest BCUT2D eigenvalue weighted by Crippen LogP contribution is 2.23. The summed E-state index contributed by atoms with van der Waals surface area (Å²) in [5.74, 6) is -1.45. The topological polar surface area (TPSA) is 102 Å². The Bertz CT molecular complexity index is 770. The van der Waals surface area contributed by atoms with E-state index in [2.05, 4.69) is 10.6 Å². The molecule has 7 heteroatoms. The number of carbonyl (C=O) groups excluding carboxylic acids is 4. The molecule has 1 atom stereocenters. The number of aryl methyl sites for hydroxylation is 2. The first-order chi connectivity index (χ1) is 12.9. The Morgan fingerprint density at radius 2 is 1.85 bits per heavy atom. The second-order valence-electron chi connectivity index (χ2n) is 7.13. The van der Waals surface area contributed by atoms with Crippen molar-refractivity contribution in [1.29, 1.82) is 0 Å². The number of carbonyl (C=O) groups is 4. The lowest BCUT2D eigenvalue weighted by Gasteiger charge is -2.13. The summed E-state index contributed by atoms with van der Waals surface area (Å²) in [4.78, 5) is 47.5. The van der Waals surface area contributed by atoms with Crippen LogP contribution in [0.4, 0.5) is 4.79 Å². The predicted molar refractivity (Wildman–Crippen MR) is 97.3 cm³/mol. The van der Waals surface area contributed by atoms with Crippen LogP contribution in [0.25, 0.3) is 0 Å². The zero-order chi connectivity index (χ0) is 19.4. The summed E-state index contributed by atoms with van der Waals surface area (Å²) in [5.41, 5.74) is 3.10. The molecule has 2 aliphatic rings. The predicted octanol–water partition coefficient (Wildman–Crippen LogP) is 2.06. The second kappa shape index (κ2) is 8.33. The molecule has 2 aliphatic carbocycles. The van der Waals surface area contributed by atoms with Crippen molar-refractivity contribution in [1.82, 2.24) is 10.6 Å². The number of Topliss-reactive ketones (excluding diaryl/α,β-unsaturated/α-hetero) is 1. The van der Waals surface area contributed by atoms with Crippen LogP contribution < -0.4 is 10.6 Å². The van der Waals surface area contributed by atoms with Crippen LogP contribution in [0.2, 0.25) is 0 Å². The summed E-state index contributed by atoms with van der Waals surface area (Å²) in [5, 5.41) is 4.75. The molecule has 1 aromatic carbocycles. The number of fused-ring (bicyclic) bond motifs is 1. The number of rotatable bonds is 7. The molecule has 2 N–H and O–H groups in total. The average molecular weight is 372 g/mol. The van der Waals surface area contributed by atoms with Crippen molar-refractivity contribution in [2.45, 2.75) is 64.0 Å². The van der Waals surface area contributed by atoms with Gasteiger partial charge < -0.3 is 10.1 Å². The maximum atomic E-state index is 12.3. The first kappa shape index (κ1) is 19.1. The molecule has 0 radical (unpaired) electrons. The standard InChI is InChI=1S/C20H24N2O5/c1-12(19(25)22-20(26)21-16-7-8-16)27-18(24)10-9-17(23)15-6-5-13-3-2-4-14(13)11-15/h5-6,11-12,16H,2-4,7-10H2,1H3,(H2,21,22,25,26). The summed E-state index contributed by atoms with van der Waals surface area (Å²) >= 11 is 0. The van der Waals surface area contributed by atoms with E-state index in [-0.39, 0.29) is 24.7 Å². The van der Waals surface area contributed by atoms with Gasteiger partial charge in [-0.05, 0) is 56.2 Å². The van der Waals surface area contributed by atoms with Crippen molar-refractivity contribution < 1.29 is 23.9 Å². The summed E-state index contributed by atoms with van der Waals surface area (Å²) in [6.07, 6.45) is 3.77. The minimum absolute atomic E-state index is 0.0219. The molecule has 1 aromatic rings. The van der Waals surface area contributed by atoms with E-state index in [1.807, 2.05) is 12.1 Å². The molecule has 0 spiro atoms. The molecule has 3 rings (SSSR count). The summed E-state index contributed by atoms with van der Waals surface area (Å²) in [6.45, 7) is 1.39. The Morgan fingerprint density at radius 3 is 2.59 bits per heavy atom. The number of benzene rings is 1. The van der Waals surface area contributed by atoms with E-state index in [0.717, 1.165) is 32.1 Å². The molecule has 3 amide bonds. The lowest BCUT2D eigenvalue weighted by atomic mass is 10.0. The van der Waals surface area contributed by atoms with Crippen molar-refractivity contribution in [3.63, 3.8) is 0 Å². The van der Waals surface area contributed by atoms with E-state index >= 15 is 0 Å². The highest BCUT2D eigenvalue weighted by Gasteiger charge is 2.26. The molecule has 144 valence electrons. The summed E-state index contributed by atoms with van der Waals surface area (Å²) in [6, 6.07) is 5.22. The zero-order valence-electron chi connectivity index (χ0n) is 15.4. The molecular weight excluding hydrogens is 348 g/mol. The van der Waals surface area contributed by atoms with Crippen molar-refractivity contribution in [3.8, 4) is 0 Å². The van der Waals surface area contributed by atoms with Crippen LogP contribution in [0.15, 0.2) is 18.2 Å². The van der Waals surface area contributed by atoms with Gasteiger partial charge in [0.1, 0.15) is 0 Å². The third kappa shape index (κ3) is 5.39. The quantitative estimate of drug-likeness (QED) is 0.563. The molecule has 1 fully saturated rings. The Labute approximate surface area is 157 Å². The number of imide groups is 1. The molecular formula is C20H24N2O5. The van der Waals surface area contributed by atoms with Gasteiger partial charge in [-0.25, -0.2) is 4.79 Å². The smallest absolute Gasteiger partial charge is 0.321 e. The van der Waals surface area contributed by atoms with Crippen molar-refractivity contribution >= 4 is 23.7 Å². The lowest BCUT2D eigenvalue weighted by Crippen LogP contribution is -2.45. The van der Waals surface area contributed by atoms with Gasteiger partial charge in [-0.2, -0.15) is 0 Å². The van der Waals surface area contributed by atoms with E-state index < -0.39 is 24.0 Å². The molecule has 0 heterocycles. The number of urea groups is 1. The van der Waals surface area contributed by atoms with Crippen molar-refractivity contribution in [2.75, 3.05) is 0 Å². The van der Waals surface area contributed by atoms with Crippen molar-refractivity contribution in [2.24, 2.45) is 0 Å². The highest BCUT2D eigenvalue weighted by atomic mass is 16.5. The number of ketones is 1. The largest absolute Gasteiger partial charge is 0.453 e. The molecule has 0 aromatic heterocycles. The molecule has 27 heavy (non-hydrogen) atoms. The van der Waals surface area contributed by atoms with Gasteiger partial charge in [0.05, 0.1) is 6.42 Å². The van der Waals surface area contributed by atoms with Gasteiger partial charge in [0.25, 0.3) is 5.91 Å². The van der Waals surface area contributed by atoms with E-state index in [1.165, 1.54) is 18.1 Å². The minimum Gasteiger partial charge on any atom is -0.453 e. The van der Waals surface area contributed by atoms with Crippen LogP contribution in [0, 0.1) is 0 Å². The van der Waals surface area contributed by atoms with E-state index in [9.17, 15) is 19.2 Å². The lowest BCUT2D eigenvalue weighted by molar-refractivity contribution is -0.154.